The number of likely N-dealkylation sites (tertiary alicyclic amines) is 1. The Hall–Kier alpha value is -1.30. The van der Waals surface area contributed by atoms with Crippen LogP contribution in [0.15, 0.2) is 0 Å². The first-order valence-electron chi connectivity index (χ1n) is 6.66. The van der Waals surface area contributed by atoms with Gasteiger partial charge in [0.25, 0.3) is 5.91 Å². The first-order valence-corrected chi connectivity index (χ1v) is 7.48. The minimum atomic E-state index is 0.0298. The van der Waals surface area contributed by atoms with E-state index in [2.05, 4.69) is 18.8 Å². The van der Waals surface area contributed by atoms with E-state index in [1.165, 1.54) is 17.8 Å². The van der Waals surface area contributed by atoms with Gasteiger partial charge in [-0.15, -0.1) is 0 Å². The monoisotopic (exact) mass is 282 g/mol. The second-order valence-corrected chi connectivity index (χ2v) is 6.44. The molecule has 2 atom stereocenters. The fourth-order valence-electron chi connectivity index (χ4n) is 2.42. The Balaban J connectivity index is 2.23. The van der Waals surface area contributed by atoms with Crippen LogP contribution in [0.1, 0.15) is 36.4 Å². The average Bonchev–Trinajstić information content (AvgIpc) is 2.74. The number of carbonyl (C=O) groups excluding carboxylic acids is 1. The van der Waals surface area contributed by atoms with Crippen LogP contribution in [0.5, 0.6) is 0 Å². The van der Waals surface area contributed by atoms with Crippen LogP contribution in [0.4, 0.5) is 10.9 Å². The lowest BCUT2D eigenvalue weighted by Gasteiger charge is -2.37. The summed E-state index contributed by atoms with van der Waals surface area (Å²) in [7, 11) is 3.80. The van der Waals surface area contributed by atoms with Crippen LogP contribution in [0.2, 0.25) is 0 Å². The molecular formula is C13H22N4OS. The number of hydrogen-bond donors (Lipinski definition) is 1. The van der Waals surface area contributed by atoms with E-state index < -0.39 is 0 Å². The van der Waals surface area contributed by atoms with Crippen molar-refractivity contribution in [2.45, 2.75) is 32.7 Å². The third kappa shape index (κ3) is 2.68. The summed E-state index contributed by atoms with van der Waals surface area (Å²) in [6, 6.07) is 0.269. The van der Waals surface area contributed by atoms with Crippen LogP contribution in [0.25, 0.3) is 0 Å². The highest BCUT2D eigenvalue weighted by molar-refractivity contribution is 7.18. The van der Waals surface area contributed by atoms with E-state index in [-0.39, 0.29) is 11.9 Å². The quantitative estimate of drug-likeness (QED) is 0.902. The van der Waals surface area contributed by atoms with Crippen molar-refractivity contribution in [3.05, 3.63) is 4.88 Å². The number of nitrogens with two attached hydrogens (primary N) is 1. The van der Waals surface area contributed by atoms with Gasteiger partial charge < -0.3 is 15.5 Å². The Labute approximate surface area is 118 Å². The van der Waals surface area contributed by atoms with Crippen LogP contribution in [0, 0.1) is 5.92 Å². The van der Waals surface area contributed by atoms with Gasteiger partial charge in [0, 0.05) is 26.7 Å². The summed E-state index contributed by atoms with van der Waals surface area (Å²) >= 11 is 1.37. The number of nitrogen functional groups attached to an aromatic ring is 1. The predicted octanol–water partition coefficient (Wildman–Crippen LogP) is 2.05. The molecular weight excluding hydrogens is 260 g/mol. The summed E-state index contributed by atoms with van der Waals surface area (Å²) in [6.07, 6.45) is 2.25. The van der Waals surface area contributed by atoms with E-state index >= 15 is 0 Å². The second kappa shape index (κ2) is 5.36. The van der Waals surface area contributed by atoms with Gasteiger partial charge in [-0.3, -0.25) is 4.79 Å². The molecule has 0 saturated carbocycles. The normalized spacial score (nSPS) is 23.5. The van der Waals surface area contributed by atoms with Crippen LogP contribution in [0.3, 0.4) is 0 Å². The van der Waals surface area contributed by atoms with Gasteiger partial charge in [-0.1, -0.05) is 18.3 Å². The largest absolute Gasteiger partial charge is 0.382 e. The molecule has 106 valence electrons. The van der Waals surface area contributed by atoms with Gasteiger partial charge in [-0.2, -0.15) is 0 Å². The molecule has 1 fully saturated rings. The summed E-state index contributed by atoms with van der Waals surface area (Å²) in [5.74, 6) is 0.923. The van der Waals surface area contributed by atoms with E-state index in [0.29, 0.717) is 16.6 Å². The Kier molecular flexibility index (Phi) is 3.99. The molecule has 1 saturated heterocycles. The molecule has 2 unspecified atom stereocenters. The number of hydrogen-bond acceptors (Lipinski definition) is 5. The molecule has 2 heterocycles. The lowest BCUT2D eigenvalue weighted by molar-refractivity contribution is 0.0557. The van der Waals surface area contributed by atoms with Crippen molar-refractivity contribution in [3.63, 3.8) is 0 Å². The van der Waals surface area contributed by atoms with Crippen molar-refractivity contribution in [2.75, 3.05) is 31.3 Å². The number of nitrogens with zero attached hydrogens (tertiary/aromatic N) is 3. The molecule has 2 rings (SSSR count). The molecule has 1 aliphatic heterocycles. The molecule has 1 aromatic heterocycles. The van der Waals surface area contributed by atoms with Gasteiger partial charge >= 0.3 is 0 Å². The van der Waals surface area contributed by atoms with E-state index in [1.807, 2.05) is 23.9 Å². The smallest absolute Gasteiger partial charge is 0.268 e. The highest BCUT2D eigenvalue weighted by Gasteiger charge is 2.31. The number of anilines is 2. The zero-order valence-electron chi connectivity index (χ0n) is 12.0. The van der Waals surface area contributed by atoms with E-state index in [4.69, 9.17) is 5.73 Å². The number of piperidine rings is 1. The van der Waals surface area contributed by atoms with Gasteiger partial charge in [-0.05, 0) is 25.7 Å². The molecule has 1 aliphatic rings. The summed E-state index contributed by atoms with van der Waals surface area (Å²) in [5, 5.41) is 0.776. The van der Waals surface area contributed by atoms with Gasteiger partial charge in [0.05, 0.1) is 0 Å². The number of thiazole rings is 1. The molecule has 0 aromatic carbocycles. The molecule has 2 N–H and O–H groups in total. The van der Waals surface area contributed by atoms with Crippen LogP contribution < -0.4 is 10.6 Å². The maximum Gasteiger partial charge on any atom is 0.268 e. The second-order valence-electron chi connectivity index (χ2n) is 5.46. The molecule has 0 aliphatic carbocycles. The molecule has 0 bridgehead atoms. The molecule has 0 spiro atoms. The van der Waals surface area contributed by atoms with Crippen LogP contribution in [-0.4, -0.2) is 42.5 Å². The zero-order chi connectivity index (χ0) is 14.2. The molecule has 6 heteroatoms. The van der Waals surface area contributed by atoms with Crippen molar-refractivity contribution < 1.29 is 4.79 Å². The number of rotatable bonds is 2. The van der Waals surface area contributed by atoms with Gasteiger partial charge in [0.2, 0.25) is 0 Å². The highest BCUT2D eigenvalue weighted by Crippen LogP contribution is 2.31. The Bertz CT molecular complexity index is 471. The van der Waals surface area contributed by atoms with Crippen molar-refractivity contribution in [3.8, 4) is 0 Å². The maximum absolute atomic E-state index is 12.6. The lowest BCUT2D eigenvalue weighted by atomic mass is 9.92. The van der Waals surface area contributed by atoms with E-state index in [9.17, 15) is 4.79 Å². The van der Waals surface area contributed by atoms with Crippen LogP contribution >= 0.6 is 11.3 Å². The summed E-state index contributed by atoms with van der Waals surface area (Å²) in [5.41, 5.74) is 5.89. The number of aromatic nitrogens is 1. The topological polar surface area (TPSA) is 62.5 Å². The third-order valence-corrected chi connectivity index (χ3v) is 5.08. The minimum absolute atomic E-state index is 0.0298. The predicted molar refractivity (Wildman–Crippen MR) is 79.7 cm³/mol. The lowest BCUT2D eigenvalue weighted by Crippen LogP contribution is -2.45. The van der Waals surface area contributed by atoms with E-state index in [1.54, 1.807) is 0 Å². The van der Waals surface area contributed by atoms with Crippen molar-refractivity contribution >= 4 is 28.2 Å². The van der Waals surface area contributed by atoms with Gasteiger partial charge in [0.1, 0.15) is 10.7 Å². The maximum atomic E-state index is 12.6. The standard InChI is InChI=1S/C13H22N4OS/c1-8-6-5-7-17(9(8)2)12(18)10-11(14)15-13(19-10)16(3)4/h8-9H,5-7,14H2,1-4H3. The van der Waals surface area contributed by atoms with Crippen molar-refractivity contribution in [1.29, 1.82) is 0 Å². The van der Waals surface area contributed by atoms with Gasteiger partial charge in [0.15, 0.2) is 5.13 Å². The third-order valence-electron chi connectivity index (χ3n) is 3.85. The number of carbonyl (C=O) groups is 1. The molecule has 1 aromatic rings. The molecule has 19 heavy (non-hydrogen) atoms. The first kappa shape index (κ1) is 14.1. The summed E-state index contributed by atoms with van der Waals surface area (Å²) < 4.78 is 0. The fraction of sp³-hybridized carbons (Fsp3) is 0.692. The van der Waals surface area contributed by atoms with Gasteiger partial charge in [-0.25, -0.2) is 4.98 Å². The molecule has 5 nitrogen and oxygen atoms in total. The minimum Gasteiger partial charge on any atom is -0.382 e. The number of amides is 1. The van der Waals surface area contributed by atoms with Crippen molar-refractivity contribution in [1.82, 2.24) is 9.88 Å². The fourth-order valence-corrected chi connectivity index (χ4v) is 3.28. The zero-order valence-corrected chi connectivity index (χ0v) is 12.8. The SMILES string of the molecule is CC1CCCN(C(=O)c2sc(N(C)C)nc2N)C1C. The Morgan fingerprint density at radius 1 is 1.47 bits per heavy atom. The first-order chi connectivity index (χ1) is 8.91. The van der Waals surface area contributed by atoms with Crippen molar-refractivity contribution in [2.24, 2.45) is 5.92 Å². The molecule has 0 radical (unpaired) electrons. The Morgan fingerprint density at radius 2 is 2.16 bits per heavy atom. The highest BCUT2D eigenvalue weighted by atomic mass is 32.1. The Morgan fingerprint density at radius 3 is 2.74 bits per heavy atom. The summed E-state index contributed by atoms with van der Waals surface area (Å²) in [6.45, 7) is 5.14. The van der Waals surface area contributed by atoms with Crippen LogP contribution in [-0.2, 0) is 0 Å². The van der Waals surface area contributed by atoms with E-state index in [0.717, 1.165) is 18.1 Å². The summed E-state index contributed by atoms with van der Waals surface area (Å²) in [4.78, 5) is 21.2. The average molecular weight is 282 g/mol. The molecule has 1 amide bonds.